The fourth-order valence-electron chi connectivity index (χ4n) is 2.07. The highest BCUT2D eigenvalue weighted by atomic mass is 16.5. The molecule has 1 heterocycles. The average Bonchev–Trinajstić information content (AvgIpc) is 2.89. The number of nitrogens with one attached hydrogen (secondary N) is 1. The lowest BCUT2D eigenvalue weighted by atomic mass is 10.1. The summed E-state index contributed by atoms with van der Waals surface area (Å²) in [5.74, 6) is 1.49. The second-order valence-electron chi connectivity index (χ2n) is 5.04. The molecule has 1 N–H and O–H groups in total. The van der Waals surface area contributed by atoms with Crippen LogP contribution in [0.1, 0.15) is 37.2 Å². The monoisotopic (exact) mass is 274 g/mol. The van der Waals surface area contributed by atoms with E-state index in [0.29, 0.717) is 6.04 Å². The minimum Gasteiger partial charge on any atom is -0.443 e. The molecule has 0 aliphatic carbocycles. The average molecular weight is 274 g/mol. The lowest BCUT2D eigenvalue weighted by Crippen LogP contribution is -2.24. The van der Waals surface area contributed by atoms with E-state index in [1.54, 1.807) is 13.3 Å². The van der Waals surface area contributed by atoms with Gasteiger partial charge in [-0.3, -0.25) is 0 Å². The molecule has 20 heavy (non-hydrogen) atoms. The van der Waals surface area contributed by atoms with E-state index in [4.69, 9.17) is 9.15 Å². The van der Waals surface area contributed by atoms with Crippen LogP contribution in [0.15, 0.2) is 40.9 Å². The van der Waals surface area contributed by atoms with Crippen LogP contribution < -0.4 is 5.32 Å². The van der Waals surface area contributed by atoms with Gasteiger partial charge in [0.1, 0.15) is 6.10 Å². The number of methoxy groups -OCH3 is 1. The third-order valence-electron chi connectivity index (χ3n) is 3.06. The summed E-state index contributed by atoms with van der Waals surface area (Å²) in [7, 11) is 1.68. The summed E-state index contributed by atoms with van der Waals surface area (Å²) < 4.78 is 11.3. The Morgan fingerprint density at radius 3 is 2.65 bits per heavy atom. The normalized spacial score (nSPS) is 12.8. The highest BCUT2D eigenvalue weighted by molar-refractivity contribution is 5.23. The molecule has 0 fully saturated rings. The molecular weight excluding hydrogens is 252 g/mol. The number of nitrogens with zero attached hydrogens (tertiary/aromatic N) is 1. The number of ether oxygens (including phenoxy) is 1. The lowest BCUT2D eigenvalue weighted by molar-refractivity contribution is 0.115. The van der Waals surface area contributed by atoms with Crippen molar-refractivity contribution in [2.24, 2.45) is 0 Å². The van der Waals surface area contributed by atoms with Crippen LogP contribution in [0.5, 0.6) is 0 Å². The van der Waals surface area contributed by atoms with E-state index < -0.39 is 0 Å². The maximum atomic E-state index is 5.80. The molecule has 1 aromatic carbocycles. The van der Waals surface area contributed by atoms with Gasteiger partial charge in [0.2, 0.25) is 0 Å². The molecule has 0 saturated heterocycles. The Balaban J connectivity index is 2.03. The van der Waals surface area contributed by atoms with Gasteiger partial charge in [-0.1, -0.05) is 44.2 Å². The Labute approximate surface area is 120 Å². The minimum absolute atomic E-state index is 0.199. The first kappa shape index (κ1) is 14.8. The standard InChI is InChI=1S/C16H22N2O2/c1-12(2)17-10-9-15-18-11-14(20-15)16(19-3)13-7-5-4-6-8-13/h4-8,11-12,16-17H,9-10H2,1-3H3. The van der Waals surface area contributed by atoms with Crippen LogP contribution in [0.2, 0.25) is 0 Å². The summed E-state index contributed by atoms with van der Waals surface area (Å²) in [6, 6.07) is 10.5. The van der Waals surface area contributed by atoms with Crippen LogP contribution in [0.25, 0.3) is 0 Å². The first-order valence-electron chi connectivity index (χ1n) is 6.96. The Kier molecular flexibility index (Phi) is 5.32. The molecule has 2 aromatic rings. The summed E-state index contributed by atoms with van der Waals surface area (Å²) in [5, 5.41) is 3.35. The lowest BCUT2D eigenvalue weighted by Gasteiger charge is -2.12. The van der Waals surface area contributed by atoms with Gasteiger partial charge in [0.05, 0.1) is 6.20 Å². The minimum atomic E-state index is -0.199. The third kappa shape index (κ3) is 3.92. The van der Waals surface area contributed by atoms with E-state index in [1.807, 2.05) is 30.3 Å². The van der Waals surface area contributed by atoms with Crippen molar-refractivity contribution in [2.45, 2.75) is 32.4 Å². The molecule has 0 amide bonds. The van der Waals surface area contributed by atoms with Gasteiger partial charge in [0.25, 0.3) is 0 Å². The molecule has 0 spiro atoms. The van der Waals surface area contributed by atoms with E-state index in [9.17, 15) is 0 Å². The maximum Gasteiger partial charge on any atom is 0.195 e. The Bertz CT molecular complexity index is 508. The highest BCUT2D eigenvalue weighted by Gasteiger charge is 2.17. The fourth-order valence-corrected chi connectivity index (χ4v) is 2.07. The van der Waals surface area contributed by atoms with Crippen molar-refractivity contribution >= 4 is 0 Å². The second kappa shape index (κ2) is 7.22. The Hall–Kier alpha value is -1.65. The quantitative estimate of drug-likeness (QED) is 0.843. The third-order valence-corrected chi connectivity index (χ3v) is 3.06. The van der Waals surface area contributed by atoms with Gasteiger partial charge in [-0.25, -0.2) is 4.98 Å². The molecule has 2 rings (SSSR count). The molecule has 4 nitrogen and oxygen atoms in total. The summed E-state index contributed by atoms with van der Waals surface area (Å²) in [6.45, 7) is 5.11. The summed E-state index contributed by atoms with van der Waals surface area (Å²) >= 11 is 0. The van der Waals surface area contributed by atoms with E-state index in [0.717, 1.165) is 30.2 Å². The molecule has 4 heteroatoms. The molecule has 0 bridgehead atoms. The zero-order valence-electron chi connectivity index (χ0n) is 12.3. The van der Waals surface area contributed by atoms with Gasteiger partial charge in [0.15, 0.2) is 11.7 Å². The van der Waals surface area contributed by atoms with Crippen molar-refractivity contribution in [2.75, 3.05) is 13.7 Å². The molecular formula is C16H22N2O2. The van der Waals surface area contributed by atoms with Crippen LogP contribution in [0.4, 0.5) is 0 Å². The summed E-state index contributed by atoms with van der Waals surface area (Å²) in [6.07, 6.45) is 2.34. The van der Waals surface area contributed by atoms with Crippen molar-refractivity contribution in [3.63, 3.8) is 0 Å². The van der Waals surface area contributed by atoms with Gasteiger partial charge in [-0.2, -0.15) is 0 Å². The zero-order valence-corrected chi connectivity index (χ0v) is 12.3. The SMILES string of the molecule is COC(c1ccccc1)c1cnc(CCNC(C)C)o1. The Morgan fingerprint density at radius 1 is 1.25 bits per heavy atom. The van der Waals surface area contributed by atoms with Crippen molar-refractivity contribution < 1.29 is 9.15 Å². The van der Waals surface area contributed by atoms with Crippen LogP contribution in [-0.4, -0.2) is 24.7 Å². The van der Waals surface area contributed by atoms with Crippen molar-refractivity contribution in [1.82, 2.24) is 10.3 Å². The molecule has 1 aromatic heterocycles. The van der Waals surface area contributed by atoms with Crippen molar-refractivity contribution in [1.29, 1.82) is 0 Å². The maximum absolute atomic E-state index is 5.80. The Morgan fingerprint density at radius 2 is 2.00 bits per heavy atom. The van der Waals surface area contributed by atoms with Crippen molar-refractivity contribution in [3.05, 3.63) is 53.7 Å². The van der Waals surface area contributed by atoms with E-state index in [1.165, 1.54) is 0 Å². The zero-order chi connectivity index (χ0) is 14.4. The van der Waals surface area contributed by atoms with E-state index in [-0.39, 0.29) is 6.10 Å². The molecule has 0 radical (unpaired) electrons. The second-order valence-corrected chi connectivity index (χ2v) is 5.04. The first-order valence-corrected chi connectivity index (χ1v) is 6.96. The smallest absolute Gasteiger partial charge is 0.195 e. The number of hydrogen-bond acceptors (Lipinski definition) is 4. The van der Waals surface area contributed by atoms with Crippen LogP contribution in [0, 0.1) is 0 Å². The summed E-state index contributed by atoms with van der Waals surface area (Å²) in [4.78, 5) is 4.32. The number of oxazole rings is 1. The molecule has 1 unspecified atom stereocenters. The van der Waals surface area contributed by atoms with Gasteiger partial charge >= 0.3 is 0 Å². The fraction of sp³-hybridized carbons (Fsp3) is 0.438. The summed E-state index contributed by atoms with van der Waals surface area (Å²) in [5.41, 5.74) is 1.07. The van der Waals surface area contributed by atoms with Crippen LogP contribution in [0.3, 0.4) is 0 Å². The molecule has 0 aliphatic heterocycles. The van der Waals surface area contributed by atoms with Gasteiger partial charge in [-0.15, -0.1) is 0 Å². The van der Waals surface area contributed by atoms with Gasteiger partial charge in [-0.05, 0) is 5.56 Å². The number of hydrogen-bond donors (Lipinski definition) is 1. The predicted molar refractivity (Wildman–Crippen MR) is 78.6 cm³/mol. The van der Waals surface area contributed by atoms with E-state index >= 15 is 0 Å². The van der Waals surface area contributed by atoms with Gasteiger partial charge in [0, 0.05) is 26.1 Å². The van der Waals surface area contributed by atoms with Gasteiger partial charge < -0.3 is 14.5 Å². The number of rotatable bonds is 7. The molecule has 1 atom stereocenters. The largest absolute Gasteiger partial charge is 0.443 e. The molecule has 0 saturated carbocycles. The molecule has 0 aliphatic rings. The molecule has 108 valence electrons. The van der Waals surface area contributed by atoms with E-state index in [2.05, 4.69) is 24.1 Å². The number of aromatic nitrogens is 1. The van der Waals surface area contributed by atoms with Crippen LogP contribution in [-0.2, 0) is 11.2 Å². The number of benzene rings is 1. The van der Waals surface area contributed by atoms with Crippen LogP contribution >= 0.6 is 0 Å². The first-order chi connectivity index (χ1) is 9.70. The predicted octanol–water partition coefficient (Wildman–Crippen LogP) is 2.95. The highest BCUT2D eigenvalue weighted by Crippen LogP contribution is 2.25. The topological polar surface area (TPSA) is 47.3 Å². The van der Waals surface area contributed by atoms with Crippen molar-refractivity contribution in [3.8, 4) is 0 Å².